The predicted molar refractivity (Wildman–Crippen MR) is 95.3 cm³/mol. The lowest BCUT2D eigenvalue weighted by Gasteiger charge is -2.13. The van der Waals surface area contributed by atoms with Gasteiger partial charge >= 0.3 is 0 Å². The number of nitrogens with one attached hydrogen (secondary N) is 1. The number of nitrogens with zero attached hydrogens (tertiary/aromatic N) is 4. The summed E-state index contributed by atoms with van der Waals surface area (Å²) in [5.41, 5.74) is 0. The highest BCUT2D eigenvalue weighted by atomic mass is 79.9. The molecule has 1 aromatic carbocycles. The van der Waals surface area contributed by atoms with Gasteiger partial charge in [0.25, 0.3) is 10.0 Å². The third-order valence-electron chi connectivity index (χ3n) is 3.13. The van der Waals surface area contributed by atoms with Gasteiger partial charge in [0, 0.05) is 22.9 Å². The Morgan fingerprint density at radius 3 is 2.84 bits per heavy atom. The average molecular weight is 424 g/mol. The number of halogens is 1. The van der Waals surface area contributed by atoms with Gasteiger partial charge in [0.1, 0.15) is 22.8 Å². The van der Waals surface area contributed by atoms with Gasteiger partial charge in [-0.1, -0.05) is 15.9 Å². The van der Waals surface area contributed by atoms with E-state index in [9.17, 15) is 8.42 Å². The quantitative estimate of drug-likeness (QED) is 0.653. The molecular weight excluding hydrogens is 410 g/mol. The number of hydrogen-bond acceptors (Lipinski definition) is 6. The second-order valence-electron chi connectivity index (χ2n) is 4.84. The molecule has 0 bridgehead atoms. The molecular formula is C15H14BrN5O3S. The largest absolute Gasteiger partial charge is 0.492 e. The van der Waals surface area contributed by atoms with E-state index in [1.165, 1.54) is 23.1 Å². The maximum absolute atomic E-state index is 12.8. The van der Waals surface area contributed by atoms with E-state index in [1.54, 1.807) is 37.5 Å². The van der Waals surface area contributed by atoms with E-state index < -0.39 is 10.0 Å². The SMILES string of the molecule is CCOc1ccc(Br)cc1S(=O)(=O)Nc1cc(-n2cccn2)ncn1. The lowest BCUT2D eigenvalue weighted by Crippen LogP contribution is -2.16. The molecule has 0 unspecified atom stereocenters. The molecule has 1 N–H and O–H groups in total. The summed E-state index contributed by atoms with van der Waals surface area (Å²) in [4.78, 5) is 8.05. The summed E-state index contributed by atoms with van der Waals surface area (Å²) in [6.45, 7) is 2.13. The Labute approximate surface area is 153 Å². The van der Waals surface area contributed by atoms with Gasteiger partial charge < -0.3 is 4.74 Å². The molecule has 0 spiro atoms. The fourth-order valence-corrected chi connectivity index (χ4v) is 3.78. The van der Waals surface area contributed by atoms with Gasteiger partial charge in [-0.3, -0.25) is 4.72 Å². The summed E-state index contributed by atoms with van der Waals surface area (Å²) >= 11 is 3.28. The number of benzene rings is 1. The van der Waals surface area contributed by atoms with Gasteiger partial charge in [-0.25, -0.2) is 23.1 Å². The van der Waals surface area contributed by atoms with Crippen LogP contribution >= 0.6 is 15.9 Å². The molecule has 8 nitrogen and oxygen atoms in total. The third-order valence-corrected chi connectivity index (χ3v) is 5.00. The Morgan fingerprint density at radius 1 is 1.28 bits per heavy atom. The van der Waals surface area contributed by atoms with E-state index in [4.69, 9.17) is 4.74 Å². The second kappa shape index (κ2) is 7.19. The number of aromatic nitrogens is 4. The van der Waals surface area contributed by atoms with Crippen molar-refractivity contribution >= 4 is 31.8 Å². The topological polar surface area (TPSA) is 99.0 Å². The maximum atomic E-state index is 12.8. The monoisotopic (exact) mass is 423 g/mol. The zero-order valence-electron chi connectivity index (χ0n) is 13.1. The highest BCUT2D eigenvalue weighted by Crippen LogP contribution is 2.29. The minimum atomic E-state index is -3.90. The zero-order valence-corrected chi connectivity index (χ0v) is 15.5. The molecule has 130 valence electrons. The molecule has 10 heteroatoms. The van der Waals surface area contributed by atoms with Crippen molar-refractivity contribution in [1.82, 2.24) is 19.7 Å². The van der Waals surface area contributed by atoms with Gasteiger partial charge in [0.15, 0.2) is 5.82 Å². The zero-order chi connectivity index (χ0) is 17.9. The molecule has 2 aromatic heterocycles. The summed E-state index contributed by atoms with van der Waals surface area (Å²) in [7, 11) is -3.90. The molecule has 25 heavy (non-hydrogen) atoms. The predicted octanol–water partition coefficient (Wildman–Crippen LogP) is 2.62. The fourth-order valence-electron chi connectivity index (χ4n) is 2.09. The Morgan fingerprint density at radius 2 is 2.12 bits per heavy atom. The van der Waals surface area contributed by atoms with E-state index in [2.05, 4.69) is 35.7 Å². The molecule has 0 amide bonds. The molecule has 0 radical (unpaired) electrons. The third kappa shape index (κ3) is 3.97. The number of sulfonamides is 1. The van der Waals surface area contributed by atoms with Crippen LogP contribution in [0.25, 0.3) is 5.82 Å². The normalized spacial score (nSPS) is 11.3. The smallest absolute Gasteiger partial charge is 0.266 e. The van der Waals surface area contributed by atoms with E-state index >= 15 is 0 Å². The molecule has 0 atom stereocenters. The molecule has 0 aliphatic heterocycles. The first-order valence-corrected chi connectivity index (χ1v) is 9.54. The molecule has 0 aliphatic carbocycles. The first-order chi connectivity index (χ1) is 12.0. The van der Waals surface area contributed by atoms with Crippen LogP contribution in [0.1, 0.15) is 6.92 Å². The van der Waals surface area contributed by atoms with Crippen molar-refractivity contribution in [1.29, 1.82) is 0 Å². The summed E-state index contributed by atoms with van der Waals surface area (Å²) in [6, 6.07) is 8.01. The van der Waals surface area contributed by atoms with Crippen LogP contribution in [-0.2, 0) is 10.0 Å². The lowest BCUT2D eigenvalue weighted by atomic mass is 10.3. The van der Waals surface area contributed by atoms with E-state index in [-0.39, 0.29) is 16.5 Å². The van der Waals surface area contributed by atoms with Crippen molar-refractivity contribution in [3.63, 3.8) is 0 Å². The first-order valence-electron chi connectivity index (χ1n) is 7.27. The fraction of sp³-hybridized carbons (Fsp3) is 0.133. The molecule has 0 aliphatic rings. The van der Waals surface area contributed by atoms with E-state index in [0.717, 1.165) is 0 Å². The highest BCUT2D eigenvalue weighted by Gasteiger charge is 2.21. The van der Waals surface area contributed by atoms with Crippen LogP contribution in [0.3, 0.4) is 0 Å². The van der Waals surface area contributed by atoms with Crippen molar-refractivity contribution in [2.75, 3.05) is 11.3 Å². The van der Waals surface area contributed by atoms with Crippen molar-refractivity contribution < 1.29 is 13.2 Å². The number of anilines is 1. The Kier molecular flexibility index (Phi) is 5.00. The minimum Gasteiger partial charge on any atom is -0.492 e. The Balaban J connectivity index is 1.95. The van der Waals surface area contributed by atoms with Crippen molar-refractivity contribution in [2.45, 2.75) is 11.8 Å². The standard InChI is InChI=1S/C15H14BrN5O3S/c1-2-24-12-5-4-11(16)8-13(12)25(22,23)20-14-9-15(18-10-17-14)21-7-3-6-19-21/h3-10H,2H2,1H3,(H,17,18,20). The van der Waals surface area contributed by atoms with E-state index in [0.29, 0.717) is 16.9 Å². The van der Waals surface area contributed by atoms with Crippen LogP contribution in [0, 0.1) is 0 Å². The molecule has 2 heterocycles. The molecule has 0 fully saturated rings. The van der Waals surface area contributed by atoms with Gasteiger partial charge in [0.2, 0.25) is 0 Å². The number of ether oxygens (including phenoxy) is 1. The molecule has 3 rings (SSSR count). The van der Waals surface area contributed by atoms with Crippen molar-refractivity contribution in [3.05, 3.63) is 53.5 Å². The van der Waals surface area contributed by atoms with Gasteiger partial charge in [-0.15, -0.1) is 0 Å². The average Bonchev–Trinajstić information content (AvgIpc) is 3.11. The Hall–Kier alpha value is -2.46. The van der Waals surface area contributed by atoms with E-state index in [1.807, 2.05) is 0 Å². The molecule has 0 saturated heterocycles. The summed E-state index contributed by atoms with van der Waals surface area (Å²) < 4.78 is 35.5. The second-order valence-corrected chi connectivity index (χ2v) is 7.41. The summed E-state index contributed by atoms with van der Waals surface area (Å²) in [5, 5.41) is 4.06. The van der Waals surface area contributed by atoms with Crippen LogP contribution in [-0.4, -0.2) is 34.8 Å². The molecule has 3 aromatic rings. The minimum absolute atomic E-state index is 0.0166. The van der Waals surface area contributed by atoms with Crippen LogP contribution in [0.15, 0.2) is 58.4 Å². The summed E-state index contributed by atoms with van der Waals surface area (Å²) in [5.74, 6) is 0.833. The number of hydrogen-bond donors (Lipinski definition) is 1. The summed E-state index contributed by atoms with van der Waals surface area (Å²) in [6.07, 6.45) is 4.56. The van der Waals surface area contributed by atoms with Gasteiger partial charge in [-0.2, -0.15) is 5.10 Å². The Bertz CT molecular complexity index is 977. The lowest BCUT2D eigenvalue weighted by molar-refractivity contribution is 0.331. The van der Waals surface area contributed by atoms with Crippen LogP contribution < -0.4 is 9.46 Å². The number of rotatable bonds is 6. The highest BCUT2D eigenvalue weighted by molar-refractivity contribution is 9.10. The van der Waals surface area contributed by atoms with Crippen LogP contribution in [0.5, 0.6) is 5.75 Å². The van der Waals surface area contributed by atoms with Gasteiger partial charge in [0.05, 0.1) is 6.61 Å². The first kappa shape index (κ1) is 17.4. The maximum Gasteiger partial charge on any atom is 0.266 e. The van der Waals surface area contributed by atoms with Crippen molar-refractivity contribution in [2.24, 2.45) is 0 Å². The van der Waals surface area contributed by atoms with Crippen LogP contribution in [0.4, 0.5) is 5.82 Å². The van der Waals surface area contributed by atoms with Crippen LogP contribution in [0.2, 0.25) is 0 Å². The molecule has 0 saturated carbocycles. The van der Waals surface area contributed by atoms with Crippen molar-refractivity contribution in [3.8, 4) is 11.6 Å². The van der Waals surface area contributed by atoms with Gasteiger partial charge in [-0.05, 0) is 31.2 Å².